The topological polar surface area (TPSA) is 102 Å². The molecule has 0 atom stereocenters. The smallest absolute Gasteiger partial charge is 0.350 e. The van der Waals surface area contributed by atoms with Crippen LogP contribution in [0.1, 0.15) is 22.5 Å². The summed E-state index contributed by atoms with van der Waals surface area (Å²) in [5, 5.41) is 8.47. The van der Waals surface area contributed by atoms with Crippen molar-refractivity contribution in [3.63, 3.8) is 0 Å². The number of aromatic nitrogens is 3. The Balaban J connectivity index is 1.12. The van der Waals surface area contributed by atoms with E-state index in [0.29, 0.717) is 28.4 Å². The first kappa shape index (κ1) is 25.6. The minimum Gasteiger partial charge on any atom is -0.465 e. The van der Waals surface area contributed by atoms with Crippen LogP contribution in [0.5, 0.6) is 0 Å². The number of carbonyl (C=O) groups excluding carboxylic acids is 1. The Morgan fingerprint density at radius 3 is 2.51 bits per heavy atom. The molecule has 1 aromatic carbocycles. The molecule has 2 saturated heterocycles. The van der Waals surface area contributed by atoms with Gasteiger partial charge in [-0.25, -0.2) is 9.78 Å². The number of hydrogen-bond donors (Lipinski definition) is 3. The summed E-state index contributed by atoms with van der Waals surface area (Å²) in [7, 11) is 3.59. The van der Waals surface area contributed by atoms with Gasteiger partial charge in [0.05, 0.1) is 18.3 Å². The van der Waals surface area contributed by atoms with Gasteiger partial charge in [-0.1, -0.05) is 0 Å². The fourth-order valence-electron chi connectivity index (χ4n) is 5.44. The van der Waals surface area contributed by atoms with Crippen LogP contribution in [0.3, 0.4) is 0 Å². The zero-order chi connectivity index (χ0) is 26.8. The second-order valence-corrected chi connectivity index (χ2v) is 11.1. The maximum atomic E-state index is 12.1. The minimum absolute atomic E-state index is 0.383. The van der Waals surface area contributed by atoms with E-state index in [1.165, 1.54) is 63.2 Å². The second kappa shape index (κ2) is 11.2. The fourth-order valence-corrected chi connectivity index (χ4v) is 6.20. The average Bonchev–Trinajstić information content (AvgIpc) is 3.64. The zero-order valence-electron chi connectivity index (χ0n) is 22.3. The van der Waals surface area contributed by atoms with E-state index in [4.69, 9.17) is 9.72 Å². The van der Waals surface area contributed by atoms with Gasteiger partial charge in [0.2, 0.25) is 5.95 Å². The molecular formula is C28H34N8O2S. The number of ether oxygens (including phenoxy) is 1. The van der Waals surface area contributed by atoms with Gasteiger partial charge >= 0.3 is 5.97 Å². The molecule has 0 radical (unpaired) electrons. The summed E-state index contributed by atoms with van der Waals surface area (Å²) >= 11 is 1.32. The van der Waals surface area contributed by atoms with Gasteiger partial charge in [-0.2, -0.15) is 4.98 Å². The molecule has 3 N–H and O–H groups in total. The number of hydrogen-bond acceptors (Lipinski definition) is 10. The van der Waals surface area contributed by atoms with E-state index in [0.717, 1.165) is 29.8 Å². The van der Waals surface area contributed by atoms with Crippen LogP contribution in [0.25, 0.3) is 11.0 Å². The van der Waals surface area contributed by atoms with Gasteiger partial charge in [-0.05, 0) is 61.7 Å². The van der Waals surface area contributed by atoms with Gasteiger partial charge in [0.25, 0.3) is 0 Å². The van der Waals surface area contributed by atoms with Crippen molar-refractivity contribution in [2.75, 3.05) is 69.0 Å². The highest BCUT2D eigenvalue weighted by Gasteiger charge is 2.26. The number of likely N-dealkylation sites (N-methyl/N-ethyl adjacent to an activating group) is 1. The third-order valence-corrected chi connectivity index (χ3v) is 8.60. The monoisotopic (exact) mass is 546 g/mol. The molecule has 2 aliphatic rings. The summed E-state index contributed by atoms with van der Waals surface area (Å²) in [6, 6.07) is 12.9. The number of benzene rings is 1. The summed E-state index contributed by atoms with van der Waals surface area (Å²) in [6.45, 7) is 6.90. The van der Waals surface area contributed by atoms with Crippen LogP contribution in [0.4, 0.5) is 28.8 Å². The van der Waals surface area contributed by atoms with Crippen LogP contribution in [-0.4, -0.2) is 90.2 Å². The number of H-pyrrole nitrogens is 1. The molecule has 11 heteroatoms. The number of nitrogens with zero attached hydrogens (tertiary/aromatic N) is 5. The SMILES string of the molecule is COC(=O)c1sccc1Nc1nc(Nc2ccc(N3CCC(N4CCN(C)CC4)CC3)cc2)nc2cc[nH]c12. The largest absolute Gasteiger partial charge is 0.465 e. The number of rotatable bonds is 7. The van der Waals surface area contributed by atoms with Crippen molar-refractivity contribution in [3.8, 4) is 0 Å². The lowest BCUT2D eigenvalue weighted by atomic mass is 10.0. The number of methoxy groups -OCH3 is 1. The van der Waals surface area contributed by atoms with Crippen molar-refractivity contribution in [2.45, 2.75) is 18.9 Å². The third-order valence-electron chi connectivity index (χ3n) is 7.70. The van der Waals surface area contributed by atoms with Gasteiger partial charge < -0.3 is 30.2 Å². The van der Waals surface area contributed by atoms with Crippen LogP contribution in [-0.2, 0) is 4.74 Å². The standard InChI is InChI=1S/C28H34N8O2S/c1-34-14-16-36(17-15-34)21-8-12-35(13-9-21)20-5-3-19(4-6-20)30-28-32-22-7-11-29-24(22)26(33-28)31-23-10-18-39-25(23)27(37)38-2/h3-7,10-11,18,21,29H,8-9,12-17H2,1-2H3,(H2,30,31,32,33). The molecule has 2 aliphatic heterocycles. The molecule has 0 saturated carbocycles. The molecule has 4 aromatic rings. The third kappa shape index (κ3) is 5.56. The van der Waals surface area contributed by atoms with E-state index in [2.05, 4.69) is 66.6 Å². The lowest BCUT2D eigenvalue weighted by Gasteiger charge is -2.42. The lowest BCUT2D eigenvalue weighted by molar-refractivity contribution is 0.0607. The highest BCUT2D eigenvalue weighted by Crippen LogP contribution is 2.31. The number of anilines is 5. The molecule has 204 valence electrons. The summed E-state index contributed by atoms with van der Waals surface area (Å²) in [5.74, 6) is 0.669. The molecule has 0 spiro atoms. The van der Waals surface area contributed by atoms with E-state index in [1.54, 1.807) is 0 Å². The molecule has 0 amide bonds. The van der Waals surface area contributed by atoms with E-state index < -0.39 is 0 Å². The van der Waals surface area contributed by atoms with Gasteiger partial charge in [-0.15, -0.1) is 11.3 Å². The molecule has 5 heterocycles. The van der Waals surface area contributed by atoms with Crippen molar-refractivity contribution < 1.29 is 9.53 Å². The highest BCUT2D eigenvalue weighted by molar-refractivity contribution is 7.12. The van der Waals surface area contributed by atoms with Crippen molar-refractivity contribution >= 4 is 57.2 Å². The van der Waals surface area contributed by atoms with Crippen LogP contribution in [0.2, 0.25) is 0 Å². The Hall–Kier alpha value is -3.67. The maximum absolute atomic E-state index is 12.1. The Morgan fingerprint density at radius 2 is 1.77 bits per heavy atom. The van der Waals surface area contributed by atoms with E-state index in [-0.39, 0.29) is 5.97 Å². The first-order valence-corrected chi connectivity index (χ1v) is 14.3. The number of esters is 1. The molecule has 10 nitrogen and oxygen atoms in total. The van der Waals surface area contributed by atoms with E-state index in [1.807, 2.05) is 23.7 Å². The van der Waals surface area contributed by atoms with Gasteiger partial charge in [0.15, 0.2) is 5.82 Å². The quantitative estimate of drug-likeness (QED) is 0.289. The first-order chi connectivity index (χ1) is 19.1. The van der Waals surface area contributed by atoms with Crippen molar-refractivity contribution in [2.24, 2.45) is 0 Å². The van der Waals surface area contributed by atoms with Crippen LogP contribution in [0.15, 0.2) is 48.0 Å². The average molecular weight is 547 g/mol. The molecule has 2 fully saturated rings. The number of fused-ring (bicyclic) bond motifs is 1. The first-order valence-electron chi connectivity index (χ1n) is 13.4. The number of piperidine rings is 1. The van der Waals surface area contributed by atoms with Gasteiger partial charge in [-0.3, -0.25) is 4.90 Å². The number of piperazine rings is 1. The van der Waals surface area contributed by atoms with E-state index in [9.17, 15) is 4.79 Å². The zero-order valence-corrected chi connectivity index (χ0v) is 23.1. The summed E-state index contributed by atoms with van der Waals surface area (Å²) in [4.78, 5) is 32.8. The van der Waals surface area contributed by atoms with Crippen molar-refractivity contribution in [1.82, 2.24) is 24.8 Å². The number of thiophene rings is 1. The Labute approximate surface area is 232 Å². The van der Waals surface area contributed by atoms with Crippen LogP contribution >= 0.6 is 11.3 Å². The predicted molar refractivity (Wildman–Crippen MR) is 157 cm³/mol. The second-order valence-electron chi connectivity index (χ2n) is 10.1. The molecular weight excluding hydrogens is 512 g/mol. The van der Waals surface area contributed by atoms with Gasteiger partial charge in [0.1, 0.15) is 10.4 Å². The molecule has 0 bridgehead atoms. The molecule has 6 rings (SSSR count). The van der Waals surface area contributed by atoms with Crippen LogP contribution in [0, 0.1) is 0 Å². The van der Waals surface area contributed by atoms with Crippen molar-refractivity contribution in [3.05, 3.63) is 52.9 Å². The summed E-state index contributed by atoms with van der Waals surface area (Å²) in [5.41, 5.74) is 4.34. The Bertz CT molecular complexity index is 1420. The minimum atomic E-state index is -0.383. The summed E-state index contributed by atoms with van der Waals surface area (Å²) in [6.07, 6.45) is 4.25. The molecule has 3 aromatic heterocycles. The Kier molecular flexibility index (Phi) is 7.36. The Morgan fingerprint density at radius 1 is 1.00 bits per heavy atom. The maximum Gasteiger partial charge on any atom is 0.350 e. The molecule has 0 unspecified atom stereocenters. The van der Waals surface area contributed by atoms with Gasteiger partial charge in [0, 0.05) is 62.9 Å². The highest BCUT2D eigenvalue weighted by atomic mass is 32.1. The van der Waals surface area contributed by atoms with E-state index >= 15 is 0 Å². The predicted octanol–water partition coefficient (Wildman–Crippen LogP) is 4.51. The van der Waals surface area contributed by atoms with Crippen molar-refractivity contribution in [1.29, 1.82) is 0 Å². The molecule has 0 aliphatic carbocycles. The van der Waals surface area contributed by atoms with Crippen LogP contribution < -0.4 is 15.5 Å². The normalized spacial score (nSPS) is 17.4. The number of carbonyl (C=O) groups is 1. The molecule has 39 heavy (non-hydrogen) atoms. The fraction of sp³-hybridized carbons (Fsp3) is 0.393. The number of aromatic amines is 1. The summed E-state index contributed by atoms with van der Waals surface area (Å²) < 4.78 is 4.91. The number of nitrogens with one attached hydrogen (secondary N) is 3. The lowest BCUT2D eigenvalue weighted by Crippen LogP contribution is -2.52.